The van der Waals surface area contributed by atoms with Crippen LogP contribution in [0.4, 0.5) is 0 Å². The number of piperidine rings is 1. The summed E-state index contributed by atoms with van der Waals surface area (Å²) in [5, 5.41) is 3.20. The maximum absolute atomic E-state index is 12.8. The van der Waals surface area contributed by atoms with Gasteiger partial charge in [-0.25, -0.2) is 4.98 Å². The fraction of sp³-hybridized carbons (Fsp3) is 0.500. The molecule has 3 aliphatic rings. The second-order valence-corrected chi connectivity index (χ2v) is 9.05. The summed E-state index contributed by atoms with van der Waals surface area (Å²) in [4.78, 5) is 35.4. The Balaban J connectivity index is 1.29. The zero-order valence-electron chi connectivity index (χ0n) is 17.2. The first-order chi connectivity index (χ1) is 14.6. The van der Waals surface area contributed by atoms with Gasteiger partial charge in [-0.15, -0.1) is 0 Å². The first-order valence-electron chi connectivity index (χ1n) is 11.1. The van der Waals surface area contributed by atoms with Crippen molar-refractivity contribution in [3.63, 3.8) is 0 Å². The third-order valence-corrected chi connectivity index (χ3v) is 7.30. The predicted octanol–water partition coefficient (Wildman–Crippen LogP) is 3.20. The van der Waals surface area contributed by atoms with Crippen molar-refractivity contribution in [2.24, 2.45) is 0 Å². The molecule has 1 spiro atoms. The lowest BCUT2D eigenvalue weighted by molar-refractivity contribution is -0.122. The third-order valence-electron chi connectivity index (χ3n) is 7.30. The Morgan fingerprint density at radius 3 is 2.63 bits per heavy atom. The lowest BCUT2D eigenvalue weighted by Crippen LogP contribution is -2.44. The number of nitrogens with zero attached hydrogens (tertiary/aromatic N) is 3. The third kappa shape index (κ3) is 3.48. The Labute approximate surface area is 177 Å². The van der Waals surface area contributed by atoms with Gasteiger partial charge in [0.25, 0.3) is 5.91 Å². The molecule has 2 heterocycles. The van der Waals surface area contributed by atoms with Gasteiger partial charge in [-0.2, -0.15) is 0 Å². The maximum Gasteiger partial charge on any atom is 0.274 e. The maximum atomic E-state index is 12.8. The van der Waals surface area contributed by atoms with Crippen molar-refractivity contribution in [3.8, 4) is 0 Å². The average molecular weight is 405 g/mol. The van der Waals surface area contributed by atoms with Gasteiger partial charge in [-0.05, 0) is 61.0 Å². The van der Waals surface area contributed by atoms with Gasteiger partial charge < -0.3 is 10.2 Å². The van der Waals surface area contributed by atoms with Crippen LogP contribution in [-0.4, -0.2) is 45.8 Å². The van der Waals surface area contributed by atoms with Crippen LogP contribution in [0.2, 0.25) is 0 Å². The summed E-state index contributed by atoms with van der Waals surface area (Å²) in [6, 6.07) is 9.01. The Morgan fingerprint density at radius 2 is 1.93 bits per heavy atom. The number of rotatable bonds is 4. The van der Waals surface area contributed by atoms with E-state index in [-0.39, 0.29) is 23.1 Å². The van der Waals surface area contributed by atoms with Gasteiger partial charge in [0.1, 0.15) is 5.69 Å². The summed E-state index contributed by atoms with van der Waals surface area (Å²) in [5.74, 6) is 0.413. The molecule has 5 rings (SSSR count). The van der Waals surface area contributed by atoms with Crippen LogP contribution in [0.5, 0.6) is 0 Å². The van der Waals surface area contributed by atoms with Crippen LogP contribution in [0.1, 0.15) is 72.5 Å². The van der Waals surface area contributed by atoms with Gasteiger partial charge in [-0.3, -0.25) is 14.6 Å². The largest absolute Gasteiger partial charge is 0.353 e. The molecule has 2 aromatic rings. The molecule has 1 aliphatic heterocycles. The summed E-state index contributed by atoms with van der Waals surface area (Å²) in [7, 11) is 0. The second kappa shape index (κ2) is 7.82. The van der Waals surface area contributed by atoms with Crippen molar-refractivity contribution in [1.29, 1.82) is 0 Å². The minimum atomic E-state index is -0.0411. The average Bonchev–Trinajstić information content (AvgIpc) is 3.05. The fourth-order valence-corrected chi connectivity index (χ4v) is 5.46. The molecule has 30 heavy (non-hydrogen) atoms. The van der Waals surface area contributed by atoms with Gasteiger partial charge in [-0.1, -0.05) is 24.3 Å². The van der Waals surface area contributed by atoms with E-state index in [1.165, 1.54) is 23.7 Å². The molecule has 0 unspecified atom stereocenters. The van der Waals surface area contributed by atoms with Crippen LogP contribution in [0, 0.1) is 0 Å². The molecule has 1 saturated carbocycles. The van der Waals surface area contributed by atoms with Gasteiger partial charge in [0.15, 0.2) is 0 Å². The summed E-state index contributed by atoms with van der Waals surface area (Å²) in [6.45, 7) is 1.43. The van der Waals surface area contributed by atoms with E-state index in [9.17, 15) is 9.59 Å². The lowest BCUT2D eigenvalue weighted by atomic mass is 9.73. The van der Waals surface area contributed by atoms with Crippen LogP contribution in [-0.2, 0) is 10.2 Å². The van der Waals surface area contributed by atoms with Crippen LogP contribution in [0.3, 0.4) is 0 Å². The SMILES string of the molecule is O=C(C[C@H]1CC2(CCN(C(=O)c3cnccn3)CC2)c2ccccc21)NC1CCC1. The number of hydrogen-bond acceptors (Lipinski definition) is 4. The van der Waals surface area contributed by atoms with Gasteiger partial charge in [0.2, 0.25) is 5.91 Å². The minimum absolute atomic E-state index is 0.0411. The van der Waals surface area contributed by atoms with Gasteiger partial charge in [0.05, 0.1) is 6.20 Å². The van der Waals surface area contributed by atoms with E-state index in [4.69, 9.17) is 0 Å². The Kier molecular flexibility index (Phi) is 5.01. The number of nitrogens with one attached hydrogen (secondary N) is 1. The summed E-state index contributed by atoms with van der Waals surface area (Å²) in [5.41, 5.74) is 3.19. The smallest absolute Gasteiger partial charge is 0.274 e. The van der Waals surface area contributed by atoms with Crippen molar-refractivity contribution in [2.75, 3.05) is 13.1 Å². The second-order valence-electron chi connectivity index (χ2n) is 9.05. The Bertz CT molecular complexity index is 933. The lowest BCUT2D eigenvalue weighted by Gasteiger charge is -2.40. The number of benzene rings is 1. The highest BCUT2D eigenvalue weighted by Gasteiger charge is 2.46. The number of carbonyl (C=O) groups is 2. The van der Waals surface area contributed by atoms with Crippen molar-refractivity contribution in [1.82, 2.24) is 20.2 Å². The Hall–Kier alpha value is -2.76. The molecular weight excluding hydrogens is 376 g/mol. The number of hydrogen-bond donors (Lipinski definition) is 1. The predicted molar refractivity (Wildman–Crippen MR) is 113 cm³/mol. The van der Waals surface area contributed by atoms with Crippen molar-refractivity contribution in [3.05, 3.63) is 59.7 Å². The summed E-state index contributed by atoms with van der Waals surface area (Å²) in [6.07, 6.45) is 11.6. The standard InChI is InChI=1S/C24H28N4O2/c29-22(27-18-4-3-5-18)14-17-15-24(20-7-2-1-6-19(17)20)8-12-28(13-9-24)23(30)21-16-25-10-11-26-21/h1-2,6-7,10-11,16-18H,3-5,8-9,12-15H2,(H,27,29)/t17-/m0/s1. The number of likely N-dealkylation sites (tertiary alicyclic amines) is 1. The van der Waals surface area contributed by atoms with E-state index in [2.05, 4.69) is 39.6 Å². The number of aromatic nitrogens is 2. The molecule has 2 aliphatic carbocycles. The number of carbonyl (C=O) groups excluding carboxylic acids is 2. The highest BCUT2D eigenvalue weighted by atomic mass is 16.2. The molecular formula is C24H28N4O2. The summed E-state index contributed by atoms with van der Waals surface area (Å²) >= 11 is 0. The molecule has 1 saturated heterocycles. The minimum Gasteiger partial charge on any atom is -0.353 e. The molecule has 1 aromatic heterocycles. The molecule has 1 atom stereocenters. The van der Waals surface area contributed by atoms with Crippen LogP contribution < -0.4 is 5.32 Å². The monoisotopic (exact) mass is 404 g/mol. The summed E-state index contributed by atoms with van der Waals surface area (Å²) < 4.78 is 0. The molecule has 0 radical (unpaired) electrons. The van der Waals surface area contributed by atoms with E-state index in [0.29, 0.717) is 31.2 Å². The van der Waals surface area contributed by atoms with Gasteiger partial charge >= 0.3 is 0 Å². The van der Waals surface area contributed by atoms with Crippen LogP contribution in [0.15, 0.2) is 42.9 Å². The quantitative estimate of drug-likeness (QED) is 0.849. The normalized spacial score (nSPS) is 22.4. The highest BCUT2D eigenvalue weighted by molar-refractivity contribution is 5.92. The number of amides is 2. The molecule has 2 amide bonds. The van der Waals surface area contributed by atoms with E-state index in [0.717, 1.165) is 32.1 Å². The molecule has 6 heteroatoms. The van der Waals surface area contributed by atoms with E-state index >= 15 is 0 Å². The molecule has 1 aromatic carbocycles. The van der Waals surface area contributed by atoms with Crippen LogP contribution in [0.25, 0.3) is 0 Å². The van der Waals surface area contributed by atoms with Crippen molar-refractivity contribution < 1.29 is 9.59 Å². The topological polar surface area (TPSA) is 75.2 Å². The van der Waals surface area contributed by atoms with E-state index < -0.39 is 0 Å². The first kappa shape index (κ1) is 19.2. The highest BCUT2D eigenvalue weighted by Crippen LogP contribution is 2.52. The molecule has 6 nitrogen and oxygen atoms in total. The zero-order valence-corrected chi connectivity index (χ0v) is 17.2. The Morgan fingerprint density at radius 1 is 1.13 bits per heavy atom. The zero-order chi connectivity index (χ0) is 20.6. The molecule has 156 valence electrons. The van der Waals surface area contributed by atoms with E-state index in [1.54, 1.807) is 12.4 Å². The molecule has 2 fully saturated rings. The molecule has 1 N–H and O–H groups in total. The van der Waals surface area contributed by atoms with Crippen LogP contribution >= 0.6 is 0 Å². The molecule has 0 bridgehead atoms. The van der Waals surface area contributed by atoms with Crippen molar-refractivity contribution >= 4 is 11.8 Å². The fourth-order valence-electron chi connectivity index (χ4n) is 5.46. The van der Waals surface area contributed by atoms with E-state index in [1.807, 2.05) is 4.90 Å². The van der Waals surface area contributed by atoms with Crippen molar-refractivity contribution in [2.45, 2.75) is 62.3 Å². The first-order valence-corrected chi connectivity index (χ1v) is 11.1. The number of fused-ring (bicyclic) bond motifs is 2. The van der Waals surface area contributed by atoms with Gasteiger partial charge in [0, 0.05) is 37.9 Å².